The van der Waals surface area contributed by atoms with Gasteiger partial charge in [-0.15, -0.1) is 0 Å². The van der Waals surface area contributed by atoms with Crippen LogP contribution < -0.4 is 16.0 Å². The smallest absolute Gasteiger partial charge is 0.407 e. The van der Waals surface area contributed by atoms with Crippen molar-refractivity contribution in [1.82, 2.24) is 25.6 Å². The lowest BCUT2D eigenvalue weighted by Crippen LogP contribution is -2.33. The van der Waals surface area contributed by atoms with E-state index in [0.717, 1.165) is 73.7 Å². The topological polar surface area (TPSA) is 104 Å². The van der Waals surface area contributed by atoms with Gasteiger partial charge >= 0.3 is 6.09 Å². The normalized spacial score (nSPS) is 17.7. The second-order valence-corrected chi connectivity index (χ2v) is 11.2. The number of fused-ring (bicyclic) bond motifs is 1. The average Bonchev–Trinajstić information content (AvgIpc) is 3.48. The van der Waals surface area contributed by atoms with Crippen LogP contribution in [0.25, 0.3) is 22.2 Å². The highest BCUT2D eigenvalue weighted by atomic mass is 35.5. The van der Waals surface area contributed by atoms with Gasteiger partial charge in [0.1, 0.15) is 5.60 Å². The molecule has 1 aromatic carbocycles. The molecule has 4 rings (SSSR count). The number of aromatic amines is 1. The second-order valence-electron chi connectivity index (χ2n) is 10.8. The third kappa shape index (κ3) is 8.07. The predicted octanol–water partition coefficient (Wildman–Crippen LogP) is 6.29. The summed E-state index contributed by atoms with van der Waals surface area (Å²) in [5.74, 6) is 0.621. The molecule has 1 amide bonds. The number of rotatable bonds is 11. The Kier molecular flexibility index (Phi) is 9.27. The van der Waals surface area contributed by atoms with E-state index >= 15 is 0 Å². The van der Waals surface area contributed by atoms with Crippen molar-refractivity contribution in [2.45, 2.75) is 83.4 Å². The molecule has 1 aliphatic carbocycles. The molecule has 2 aromatic heterocycles. The molecule has 1 saturated carbocycles. The minimum absolute atomic E-state index is 0.336. The Morgan fingerprint density at radius 3 is 2.68 bits per heavy atom. The molecule has 9 heteroatoms. The van der Waals surface area contributed by atoms with Crippen LogP contribution in [0.5, 0.6) is 0 Å². The van der Waals surface area contributed by atoms with Gasteiger partial charge in [0, 0.05) is 41.3 Å². The number of H-pyrrole nitrogens is 1. The van der Waals surface area contributed by atoms with E-state index < -0.39 is 5.60 Å². The number of para-hydroxylation sites is 1. The van der Waals surface area contributed by atoms with Crippen LogP contribution in [0.1, 0.15) is 65.7 Å². The summed E-state index contributed by atoms with van der Waals surface area (Å²) >= 11 is 6.47. The van der Waals surface area contributed by atoms with Gasteiger partial charge < -0.3 is 25.7 Å². The van der Waals surface area contributed by atoms with E-state index in [2.05, 4.69) is 32.0 Å². The van der Waals surface area contributed by atoms with Crippen molar-refractivity contribution in [1.29, 1.82) is 0 Å². The van der Waals surface area contributed by atoms with Crippen LogP contribution in [-0.2, 0) is 4.74 Å². The molecule has 4 N–H and O–H groups in total. The van der Waals surface area contributed by atoms with Crippen LogP contribution in [0.2, 0.25) is 5.02 Å². The number of carbonyl (C=O) groups excluding carboxylic acids is 1. The Bertz CT molecular complexity index is 1170. The summed E-state index contributed by atoms with van der Waals surface area (Å²) in [6.07, 6.45) is 10.9. The number of nitrogens with one attached hydrogen (secondary N) is 4. The van der Waals surface area contributed by atoms with Gasteiger partial charge in [-0.1, -0.05) is 42.6 Å². The lowest BCUT2D eigenvalue weighted by atomic mass is 10.1. The molecule has 0 saturated heterocycles. The first kappa shape index (κ1) is 27.2. The average molecular weight is 527 g/mol. The maximum Gasteiger partial charge on any atom is 0.407 e. The number of hydrogen-bond donors (Lipinski definition) is 4. The first-order valence-corrected chi connectivity index (χ1v) is 13.7. The van der Waals surface area contributed by atoms with Crippen LogP contribution in [0.4, 0.5) is 10.7 Å². The predicted molar refractivity (Wildman–Crippen MR) is 150 cm³/mol. The highest BCUT2D eigenvalue weighted by Crippen LogP contribution is 2.32. The number of alkyl carbamates (subject to hydrolysis) is 1. The molecular weight excluding hydrogens is 488 g/mol. The number of nitrogens with zero attached hydrogens (tertiary/aromatic N) is 2. The third-order valence-corrected chi connectivity index (χ3v) is 6.84. The van der Waals surface area contributed by atoms with E-state index in [1.54, 1.807) is 6.20 Å². The van der Waals surface area contributed by atoms with E-state index in [0.29, 0.717) is 29.6 Å². The van der Waals surface area contributed by atoms with Crippen molar-refractivity contribution < 1.29 is 9.53 Å². The number of anilines is 1. The van der Waals surface area contributed by atoms with Gasteiger partial charge in [0.2, 0.25) is 5.95 Å². The number of halogens is 1. The summed E-state index contributed by atoms with van der Waals surface area (Å²) in [5.41, 5.74) is 2.33. The summed E-state index contributed by atoms with van der Waals surface area (Å²) in [4.78, 5) is 24.1. The van der Waals surface area contributed by atoms with Crippen molar-refractivity contribution in [2.24, 2.45) is 0 Å². The summed E-state index contributed by atoms with van der Waals surface area (Å²) < 4.78 is 5.25. The van der Waals surface area contributed by atoms with Gasteiger partial charge in [-0.05, 0) is 65.5 Å². The van der Waals surface area contributed by atoms with Crippen molar-refractivity contribution >= 4 is 34.5 Å². The first-order valence-electron chi connectivity index (χ1n) is 13.3. The fraction of sp³-hybridized carbons (Fsp3) is 0.536. The molecule has 8 nitrogen and oxygen atoms in total. The van der Waals surface area contributed by atoms with Crippen LogP contribution in [0.3, 0.4) is 0 Å². The number of carbonyl (C=O) groups is 1. The maximum atomic E-state index is 11.7. The van der Waals surface area contributed by atoms with E-state index in [1.165, 1.54) is 0 Å². The van der Waals surface area contributed by atoms with Gasteiger partial charge in [-0.25, -0.2) is 14.8 Å². The van der Waals surface area contributed by atoms with Crippen molar-refractivity contribution in [2.75, 3.05) is 18.4 Å². The zero-order chi connectivity index (χ0) is 26.3. The minimum Gasteiger partial charge on any atom is -0.444 e. The standard InChI is InChI=1S/C28H39ClN6O2/c1-28(2,3)37-27(36)31-15-9-5-4-8-14-30-19-12-13-20(16-19)34-26-33-18-23(29)25(35-26)22-17-32-24-11-7-6-10-21(22)24/h6-7,10-11,17-20,30,32H,4-5,8-9,12-16H2,1-3H3,(H,31,36)(H,33,34,35)/t19-,20-/m0/s1. The fourth-order valence-electron chi connectivity index (χ4n) is 4.79. The molecular formula is C28H39ClN6O2. The molecule has 2 atom stereocenters. The molecule has 200 valence electrons. The zero-order valence-electron chi connectivity index (χ0n) is 22.1. The number of amides is 1. The van der Waals surface area contributed by atoms with E-state index in [4.69, 9.17) is 21.3 Å². The van der Waals surface area contributed by atoms with Gasteiger partial charge in [-0.2, -0.15) is 0 Å². The molecule has 0 aliphatic heterocycles. The van der Waals surface area contributed by atoms with Gasteiger partial charge in [0.05, 0.1) is 16.9 Å². The molecule has 3 aromatic rings. The summed E-state index contributed by atoms with van der Waals surface area (Å²) in [6, 6.07) is 8.99. The van der Waals surface area contributed by atoms with Gasteiger partial charge in [-0.3, -0.25) is 0 Å². The largest absolute Gasteiger partial charge is 0.444 e. The zero-order valence-corrected chi connectivity index (χ0v) is 22.8. The molecule has 0 spiro atoms. The SMILES string of the molecule is CC(C)(C)OC(=O)NCCCCCCN[C@H]1CC[C@H](Nc2ncc(Cl)c(-c3c[nH]c4ccccc34)n2)C1. The van der Waals surface area contributed by atoms with E-state index in [1.807, 2.05) is 45.2 Å². The molecule has 37 heavy (non-hydrogen) atoms. The number of ether oxygens (including phenoxy) is 1. The number of hydrogen-bond acceptors (Lipinski definition) is 6. The second kappa shape index (κ2) is 12.6. The summed E-state index contributed by atoms with van der Waals surface area (Å²) in [6.45, 7) is 7.29. The molecule has 0 unspecified atom stereocenters. The molecule has 0 radical (unpaired) electrons. The number of aromatic nitrogens is 3. The molecule has 1 fully saturated rings. The first-order chi connectivity index (χ1) is 17.8. The number of benzene rings is 1. The van der Waals surface area contributed by atoms with Crippen LogP contribution >= 0.6 is 11.6 Å². The van der Waals surface area contributed by atoms with E-state index in [9.17, 15) is 4.79 Å². The number of unbranched alkanes of at least 4 members (excludes halogenated alkanes) is 3. The Hall–Kier alpha value is -2.84. The molecule has 1 aliphatic rings. The highest BCUT2D eigenvalue weighted by molar-refractivity contribution is 6.33. The Balaban J connectivity index is 1.15. The van der Waals surface area contributed by atoms with Crippen LogP contribution in [0, 0.1) is 0 Å². The Morgan fingerprint density at radius 1 is 1.11 bits per heavy atom. The lowest BCUT2D eigenvalue weighted by Gasteiger charge is -2.19. The maximum absolute atomic E-state index is 11.7. The Morgan fingerprint density at radius 2 is 1.86 bits per heavy atom. The Labute approximate surface area is 224 Å². The van der Waals surface area contributed by atoms with Gasteiger partial charge in [0.15, 0.2) is 0 Å². The van der Waals surface area contributed by atoms with Crippen LogP contribution in [-0.4, -0.2) is 51.8 Å². The van der Waals surface area contributed by atoms with E-state index in [-0.39, 0.29) is 6.09 Å². The minimum atomic E-state index is -0.451. The fourth-order valence-corrected chi connectivity index (χ4v) is 4.98. The van der Waals surface area contributed by atoms with Crippen molar-refractivity contribution in [3.05, 3.63) is 41.7 Å². The quantitative estimate of drug-likeness (QED) is 0.219. The van der Waals surface area contributed by atoms with Crippen molar-refractivity contribution in [3.63, 3.8) is 0 Å². The molecule has 2 heterocycles. The van der Waals surface area contributed by atoms with Gasteiger partial charge in [0.25, 0.3) is 0 Å². The lowest BCUT2D eigenvalue weighted by molar-refractivity contribution is 0.0527. The highest BCUT2D eigenvalue weighted by Gasteiger charge is 2.25. The molecule has 0 bridgehead atoms. The summed E-state index contributed by atoms with van der Waals surface area (Å²) in [5, 5.41) is 11.7. The summed E-state index contributed by atoms with van der Waals surface area (Å²) in [7, 11) is 0. The third-order valence-electron chi connectivity index (χ3n) is 6.56. The van der Waals surface area contributed by atoms with Crippen molar-refractivity contribution in [3.8, 4) is 11.3 Å². The monoisotopic (exact) mass is 526 g/mol. The van der Waals surface area contributed by atoms with Crippen LogP contribution in [0.15, 0.2) is 36.7 Å².